The fourth-order valence-electron chi connectivity index (χ4n) is 8.58. The van der Waals surface area contributed by atoms with Crippen molar-refractivity contribution in [1.82, 2.24) is 0 Å². The molecule has 8 rings (SSSR count). The van der Waals surface area contributed by atoms with Crippen LogP contribution in [0.1, 0.15) is 38.9 Å². The van der Waals surface area contributed by atoms with Crippen molar-refractivity contribution in [3.8, 4) is 28.7 Å². The van der Waals surface area contributed by atoms with Crippen LogP contribution in [0.4, 0.5) is 0 Å². The summed E-state index contributed by atoms with van der Waals surface area (Å²) in [6.07, 6.45) is -1.66. The average molecular weight is 907 g/mol. The zero-order chi connectivity index (χ0) is 47.0. The van der Waals surface area contributed by atoms with Crippen molar-refractivity contribution in [2.45, 2.75) is 51.9 Å². The first-order chi connectivity index (χ1) is 32.4. The molecule has 0 bridgehead atoms. The number of aliphatic hydroxyl groups is 3. The summed E-state index contributed by atoms with van der Waals surface area (Å²) >= 11 is 0. The van der Waals surface area contributed by atoms with Gasteiger partial charge >= 0.3 is 0 Å². The molecule has 3 atom stereocenters. The molecule has 5 N–H and O–H groups in total. The predicted octanol–water partition coefficient (Wildman–Crippen LogP) is 9.37. The van der Waals surface area contributed by atoms with Crippen molar-refractivity contribution in [3.05, 3.63) is 160 Å². The number of benzene rings is 8. The van der Waals surface area contributed by atoms with Crippen LogP contribution in [0.15, 0.2) is 121 Å². The van der Waals surface area contributed by atoms with Crippen LogP contribution in [0.2, 0.25) is 0 Å². The molecule has 3 unspecified atom stereocenters. The molecule has 67 heavy (non-hydrogen) atoms. The second kappa shape index (κ2) is 21.5. The smallest absolute Gasteiger partial charge is 0.146 e. The Hall–Kier alpha value is -6.44. The molecule has 0 spiro atoms. The lowest BCUT2D eigenvalue weighted by atomic mass is 9.91. The fraction of sp³-hybridized carbons (Fsp3) is 0.286. The van der Waals surface area contributed by atoms with Gasteiger partial charge in [-0.15, -0.1) is 0 Å². The van der Waals surface area contributed by atoms with Crippen LogP contribution in [-0.2, 0) is 27.1 Å². The van der Waals surface area contributed by atoms with E-state index in [0.29, 0.717) is 30.1 Å². The van der Waals surface area contributed by atoms with E-state index in [-0.39, 0.29) is 57.9 Å². The summed E-state index contributed by atoms with van der Waals surface area (Å²) < 4.78 is 33.7. The van der Waals surface area contributed by atoms with E-state index in [1.54, 1.807) is 12.1 Å². The Morgan fingerprint density at radius 3 is 1.21 bits per heavy atom. The number of aromatic hydroxyl groups is 2. The molecule has 0 aliphatic carbocycles. The molecule has 11 nitrogen and oxygen atoms in total. The van der Waals surface area contributed by atoms with Gasteiger partial charge < -0.3 is 54.0 Å². The summed E-state index contributed by atoms with van der Waals surface area (Å²) in [6, 6.07) is 39.3. The van der Waals surface area contributed by atoms with E-state index in [9.17, 15) is 25.5 Å². The minimum atomic E-state index is -0.938. The number of hydrogen-bond acceptors (Lipinski definition) is 11. The third kappa shape index (κ3) is 11.4. The maximum absolute atomic E-state index is 11.3. The fourth-order valence-corrected chi connectivity index (χ4v) is 8.58. The average Bonchev–Trinajstić information content (AvgIpc) is 3.32. The third-order valence-corrected chi connectivity index (χ3v) is 12.2. The Labute approximate surface area is 390 Å². The minimum absolute atomic E-state index is 0.00543. The standard InChI is InChI=1S/C56H58O11/c1-34-5-8-37-9-6-35(2)47(49(37)21-34)25-53-51-24-46(18-13-39(51)14-19-55(53)60)67-32-43(59)31-66-44-16-11-38-10-7-36(3)48(50(38)22-44)26-54-52-23-45(17-12-40(52)15-20-56(54)61)65-30-42(58)29-64-33-63-28-41(57)27-62-4/h5-24,41-43,57-61H,25-33H2,1-4H3. The molecule has 0 aliphatic heterocycles. The number of hydrogen-bond donors (Lipinski definition) is 5. The van der Waals surface area contributed by atoms with Crippen molar-refractivity contribution in [3.63, 3.8) is 0 Å². The summed E-state index contributed by atoms with van der Waals surface area (Å²) in [4.78, 5) is 0. The zero-order valence-corrected chi connectivity index (χ0v) is 38.3. The van der Waals surface area contributed by atoms with E-state index < -0.39 is 18.3 Å². The molecule has 0 radical (unpaired) electrons. The van der Waals surface area contributed by atoms with Crippen LogP contribution in [-0.4, -0.2) is 97.4 Å². The number of aliphatic hydroxyl groups excluding tert-OH is 3. The van der Waals surface area contributed by atoms with Crippen molar-refractivity contribution >= 4 is 43.1 Å². The third-order valence-electron chi connectivity index (χ3n) is 12.2. The lowest BCUT2D eigenvalue weighted by Gasteiger charge is -2.17. The monoisotopic (exact) mass is 906 g/mol. The van der Waals surface area contributed by atoms with Gasteiger partial charge in [0.1, 0.15) is 73.7 Å². The van der Waals surface area contributed by atoms with Gasteiger partial charge in [-0.3, -0.25) is 0 Å². The van der Waals surface area contributed by atoms with Crippen molar-refractivity contribution < 1.29 is 54.0 Å². The van der Waals surface area contributed by atoms with Gasteiger partial charge in [0.25, 0.3) is 0 Å². The summed E-state index contributed by atoms with van der Waals surface area (Å²) in [5.74, 6) is 2.05. The molecule has 348 valence electrons. The second-order valence-corrected chi connectivity index (χ2v) is 17.3. The maximum Gasteiger partial charge on any atom is 0.146 e. The first-order valence-corrected chi connectivity index (χ1v) is 22.5. The number of ether oxygens (including phenoxy) is 6. The first-order valence-electron chi connectivity index (χ1n) is 22.5. The highest BCUT2D eigenvalue weighted by Crippen LogP contribution is 2.37. The Balaban J connectivity index is 0.923. The molecular weight excluding hydrogens is 849 g/mol. The summed E-state index contributed by atoms with van der Waals surface area (Å²) in [5.41, 5.74) is 7.10. The Morgan fingerprint density at radius 1 is 0.403 bits per heavy atom. The van der Waals surface area contributed by atoms with Crippen LogP contribution < -0.4 is 14.2 Å². The molecule has 8 aromatic rings. The number of phenols is 2. The van der Waals surface area contributed by atoms with Gasteiger partial charge in [0.2, 0.25) is 0 Å². The molecule has 0 aromatic heterocycles. The van der Waals surface area contributed by atoms with Gasteiger partial charge in [-0.1, -0.05) is 78.4 Å². The quantitative estimate of drug-likeness (QED) is 0.0346. The molecule has 0 amide bonds. The van der Waals surface area contributed by atoms with Gasteiger partial charge in [0.15, 0.2) is 0 Å². The highest BCUT2D eigenvalue weighted by Gasteiger charge is 2.17. The van der Waals surface area contributed by atoms with Gasteiger partial charge in [-0.25, -0.2) is 0 Å². The second-order valence-electron chi connectivity index (χ2n) is 17.3. The van der Waals surface area contributed by atoms with Gasteiger partial charge in [-0.05, 0) is 135 Å². The highest BCUT2D eigenvalue weighted by molar-refractivity contribution is 5.93. The van der Waals surface area contributed by atoms with E-state index in [4.69, 9.17) is 28.4 Å². The summed E-state index contributed by atoms with van der Waals surface area (Å²) in [7, 11) is 1.49. The number of fused-ring (bicyclic) bond motifs is 4. The molecule has 0 fully saturated rings. The van der Waals surface area contributed by atoms with E-state index in [1.165, 1.54) is 23.6 Å². The van der Waals surface area contributed by atoms with Crippen LogP contribution in [0.5, 0.6) is 28.7 Å². The van der Waals surface area contributed by atoms with Crippen molar-refractivity contribution in [2.24, 2.45) is 0 Å². The number of phenolic OH excluding ortho intramolecular Hbond substituents is 2. The largest absolute Gasteiger partial charge is 0.508 e. The minimum Gasteiger partial charge on any atom is -0.508 e. The van der Waals surface area contributed by atoms with E-state index >= 15 is 0 Å². The predicted molar refractivity (Wildman–Crippen MR) is 262 cm³/mol. The molecular formula is C56H58O11. The van der Waals surface area contributed by atoms with Crippen molar-refractivity contribution in [2.75, 3.05) is 53.5 Å². The normalized spacial score (nSPS) is 13.1. The molecule has 11 heteroatoms. The number of methoxy groups -OCH3 is 1. The summed E-state index contributed by atoms with van der Waals surface area (Å²) in [6.45, 7) is 6.29. The van der Waals surface area contributed by atoms with Crippen LogP contribution in [0, 0.1) is 20.8 Å². The topological polar surface area (TPSA) is 157 Å². The number of rotatable bonds is 21. The Kier molecular flexibility index (Phi) is 15.1. The maximum atomic E-state index is 11.3. The molecule has 0 heterocycles. The molecule has 0 saturated carbocycles. The summed E-state index contributed by atoms with van der Waals surface area (Å²) in [5, 5.41) is 61.6. The van der Waals surface area contributed by atoms with Gasteiger partial charge in [0.05, 0.1) is 19.8 Å². The lowest BCUT2D eigenvalue weighted by molar-refractivity contribution is -0.107. The lowest BCUT2D eigenvalue weighted by Crippen LogP contribution is -2.25. The SMILES string of the molecule is COCC(O)COCOCC(O)COc1ccc2ccc(O)c(Cc3c(C)ccc4ccc(OCC(O)COc5ccc6ccc(O)c(Cc7c(C)ccc8ccc(C)cc78)c6c5)cc34)c2c1. The number of aryl methyl sites for hydroxylation is 3. The molecule has 0 aliphatic rings. The molecule has 8 aromatic carbocycles. The van der Waals surface area contributed by atoms with Gasteiger partial charge in [-0.2, -0.15) is 0 Å². The van der Waals surface area contributed by atoms with Crippen LogP contribution in [0.25, 0.3) is 43.1 Å². The zero-order valence-electron chi connectivity index (χ0n) is 38.3. The first kappa shape index (κ1) is 47.1. The van der Waals surface area contributed by atoms with Crippen LogP contribution in [0.3, 0.4) is 0 Å². The van der Waals surface area contributed by atoms with Gasteiger partial charge in [0, 0.05) is 31.1 Å². The van der Waals surface area contributed by atoms with Crippen molar-refractivity contribution in [1.29, 1.82) is 0 Å². The Bertz CT molecular complexity index is 3000. The van der Waals surface area contributed by atoms with E-state index in [0.717, 1.165) is 65.5 Å². The Morgan fingerprint density at radius 2 is 0.761 bits per heavy atom. The van der Waals surface area contributed by atoms with E-state index in [1.807, 2.05) is 73.7 Å². The highest BCUT2D eigenvalue weighted by atomic mass is 16.7. The molecule has 0 saturated heterocycles. The van der Waals surface area contributed by atoms with E-state index in [2.05, 4.69) is 56.3 Å². The van der Waals surface area contributed by atoms with Crippen LogP contribution >= 0.6 is 0 Å².